The molecule has 1 N–H and O–H groups in total. The van der Waals surface area contributed by atoms with Crippen molar-refractivity contribution in [1.29, 1.82) is 0 Å². The van der Waals surface area contributed by atoms with Crippen molar-refractivity contribution in [2.75, 3.05) is 5.75 Å². The van der Waals surface area contributed by atoms with Crippen molar-refractivity contribution in [3.63, 3.8) is 0 Å². The van der Waals surface area contributed by atoms with Crippen molar-refractivity contribution in [2.24, 2.45) is 5.41 Å². The molecule has 0 aromatic heterocycles. The van der Waals surface area contributed by atoms with Crippen LogP contribution in [0.1, 0.15) is 38.7 Å². The Balaban J connectivity index is 2.36. The largest absolute Gasteiger partial charge is 0.286 e. The van der Waals surface area contributed by atoms with Gasteiger partial charge in [0.2, 0.25) is 0 Å². The van der Waals surface area contributed by atoms with Gasteiger partial charge in [-0.2, -0.15) is 8.42 Å². The SMILES string of the molecule is CC(C)(CCCCS(=O)(=O)O)Cc1ccccc1. The standard InChI is InChI=1S/C14H22O3S/c1-14(2,10-6-7-11-18(15,16)17)12-13-8-4-3-5-9-13/h3-5,8-9H,6-7,10-12H2,1-2H3,(H,15,16,17). The Labute approximate surface area is 110 Å². The lowest BCUT2D eigenvalue weighted by Gasteiger charge is -2.24. The lowest BCUT2D eigenvalue weighted by atomic mass is 9.81. The zero-order valence-electron chi connectivity index (χ0n) is 11.1. The number of rotatable bonds is 7. The fraction of sp³-hybridized carbons (Fsp3) is 0.571. The highest BCUT2D eigenvalue weighted by Gasteiger charge is 2.18. The lowest BCUT2D eigenvalue weighted by Crippen LogP contribution is -2.15. The van der Waals surface area contributed by atoms with Crippen molar-refractivity contribution in [1.82, 2.24) is 0 Å². The Kier molecular flexibility index (Phi) is 5.35. The van der Waals surface area contributed by atoms with Crippen LogP contribution < -0.4 is 0 Å². The summed E-state index contributed by atoms with van der Waals surface area (Å²) in [4.78, 5) is 0. The Hall–Kier alpha value is -0.870. The van der Waals surface area contributed by atoms with Gasteiger partial charge in [0.15, 0.2) is 0 Å². The van der Waals surface area contributed by atoms with Gasteiger partial charge < -0.3 is 0 Å². The quantitative estimate of drug-likeness (QED) is 0.611. The molecule has 0 amide bonds. The predicted octanol–water partition coefficient (Wildman–Crippen LogP) is 3.31. The van der Waals surface area contributed by atoms with Gasteiger partial charge in [0.25, 0.3) is 10.1 Å². The summed E-state index contributed by atoms with van der Waals surface area (Å²) in [5, 5.41) is 0. The zero-order valence-corrected chi connectivity index (χ0v) is 11.9. The van der Waals surface area contributed by atoms with Gasteiger partial charge >= 0.3 is 0 Å². The third-order valence-electron chi connectivity index (χ3n) is 3.03. The fourth-order valence-corrected chi connectivity index (χ4v) is 2.69. The molecule has 0 saturated carbocycles. The molecule has 0 aliphatic heterocycles. The maximum Gasteiger partial charge on any atom is 0.264 e. The summed E-state index contributed by atoms with van der Waals surface area (Å²) in [5.41, 5.74) is 1.46. The minimum absolute atomic E-state index is 0.131. The molecule has 0 radical (unpaired) electrons. The van der Waals surface area contributed by atoms with E-state index in [1.165, 1.54) is 5.56 Å². The zero-order chi connectivity index (χ0) is 13.6. The maximum atomic E-state index is 10.6. The highest BCUT2D eigenvalue weighted by molar-refractivity contribution is 7.85. The van der Waals surface area contributed by atoms with E-state index in [0.29, 0.717) is 6.42 Å². The van der Waals surface area contributed by atoms with Crippen LogP contribution in [-0.2, 0) is 16.5 Å². The van der Waals surface area contributed by atoms with E-state index >= 15 is 0 Å². The summed E-state index contributed by atoms with van der Waals surface area (Å²) in [6, 6.07) is 10.3. The van der Waals surface area contributed by atoms with Crippen LogP contribution >= 0.6 is 0 Å². The van der Waals surface area contributed by atoms with Crippen LogP contribution in [-0.4, -0.2) is 18.7 Å². The van der Waals surface area contributed by atoms with Crippen LogP contribution in [0.4, 0.5) is 0 Å². The van der Waals surface area contributed by atoms with E-state index in [9.17, 15) is 8.42 Å². The smallest absolute Gasteiger partial charge is 0.264 e. The Morgan fingerprint density at radius 1 is 1.11 bits per heavy atom. The summed E-state index contributed by atoms with van der Waals surface area (Å²) >= 11 is 0. The van der Waals surface area contributed by atoms with E-state index < -0.39 is 10.1 Å². The molecule has 1 aromatic carbocycles. The molecule has 0 saturated heterocycles. The van der Waals surface area contributed by atoms with Crippen molar-refractivity contribution in [3.8, 4) is 0 Å². The van der Waals surface area contributed by atoms with Gasteiger partial charge in [-0.05, 0) is 30.2 Å². The van der Waals surface area contributed by atoms with Gasteiger partial charge in [0.05, 0.1) is 5.75 Å². The fourth-order valence-electron chi connectivity index (χ4n) is 2.12. The molecule has 0 spiro atoms. The molecule has 18 heavy (non-hydrogen) atoms. The summed E-state index contributed by atoms with van der Waals surface area (Å²) < 4.78 is 29.9. The summed E-state index contributed by atoms with van der Waals surface area (Å²) in [5.74, 6) is -0.131. The molecule has 0 aliphatic carbocycles. The molecular weight excluding hydrogens is 248 g/mol. The molecule has 1 rings (SSSR count). The Morgan fingerprint density at radius 2 is 1.72 bits per heavy atom. The molecule has 3 nitrogen and oxygen atoms in total. The molecule has 4 heteroatoms. The number of hydrogen-bond acceptors (Lipinski definition) is 2. The first-order valence-corrected chi connectivity index (χ1v) is 7.89. The van der Waals surface area contributed by atoms with E-state index in [1.807, 2.05) is 18.2 Å². The van der Waals surface area contributed by atoms with Crippen LogP contribution in [0.15, 0.2) is 30.3 Å². The van der Waals surface area contributed by atoms with Crippen molar-refractivity contribution in [2.45, 2.75) is 39.5 Å². The third-order valence-corrected chi connectivity index (χ3v) is 3.84. The normalized spacial score (nSPS) is 12.6. The number of unbranched alkanes of at least 4 members (excludes halogenated alkanes) is 1. The van der Waals surface area contributed by atoms with E-state index in [2.05, 4.69) is 26.0 Å². The molecule has 0 fully saturated rings. The first-order valence-electron chi connectivity index (χ1n) is 6.28. The summed E-state index contributed by atoms with van der Waals surface area (Å²) in [6.07, 6.45) is 3.29. The van der Waals surface area contributed by atoms with Gasteiger partial charge in [-0.15, -0.1) is 0 Å². The minimum atomic E-state index is -3.80. The average Bonchev–Trinajstić information content (AvgIpc) is 2.24. The molecular formula is C14H22O3S. The predicted molar refractivity (Wildman–Crippen MR) is 74.2 cm³/mol. The molecule has 102 valence electrons. The van der Waals surface area contributed by atoms with Crippen molar-refractivity contribution < 1.29 is 13.0 Å². The van der Waals surface area contributed by atoms with Crippen LogP contribution in [0.5, 0.6) is 0 Å². The van der Waals surface area contributed by atoms with Crippen molar-refractivity contribution in [3.05, 3.63) is 35.9 Å². The molecule has 0 atom stereocenters. The Bertz CT molecular complexity index is 449. The lowest BCUT2D eigenvalue weighted by molar-refractivity contribution is 0.321. The van der Waals surface area contributed by atoms with Gasteiger partial charge in [-0.1, -0.05) is 50.6 Å². The van der Waals surface area contributed by atoms with Crippen LogP contribution in [0.3, 0.4) is 0 Å². The van der Waals surface area contributed by atoms with Gasteiger partial charge in [-0.3, -0.25) is 4.55 Å². The molecule has 0 heterocycles. The molecule has 0 unspecified atom stereocenters. The van der Waals surface area contributed by atoms with Gasteiger partial charge in [0, 0.05) is 0 Å². The monoisotopic (exact) mass is 270 g/mol. The second-order valence-electron chi connectivity index (χ2n) is 5.57. The van der Waals surface area contributed by atoms with Crippen LogP contribution in [0.25, 0.3) is 0 Å². The van der Waals surface area contributed by atoms with Gasteiger partial charge in [-0.25, -0.2) is 0 Å². The second kappa shape index (κ2) is 6.34. The first kappa shape index (κ1) is 15.2. The average molecular weight is 270 g/mol. The van der Waals surface area contributed by atoms with Crippen LogP contribution in [0.2, 0.25) is 0 Å². The summed E-state index contributed by atoms with van der Waals surface area (Å²) in [7, 11) is -3.80. The molecule has 0 bridgehead atoms. The minimum Gasteiger partial charge on any atom is -0.286 e. The van der Waals surface area contributed by atoms with Gasteiger partial charge in [0.1, 0.15) is 0 Å². The van der Waals surface area contributed by atoms with E-state index in [-0.39, 0.29) is 11.2 Å². The van der Waals surface area contributed by atoms with Crippen molar-refractivity contribution >= 4 is 10.1 Å². The number of benzene rings is 1. The van der Waals surface area contributed by atoms with E-state index in [0.717, 1.165) is 19.3 Å². The Morgan fingerprint density at radius 3 is 2.28 bits per heavy atom. The highest BCUT2D eigenvalue weighted by atomic mass is 32.2. The van der Waals surface area contributed by atoms with E-state index in [1.54, 1.807) is 0 Å². The highest BCUT2D eigenvalue weighted by Crippen LogP contribution is 2.28. The second-order valence-corrected chi connectivity index (χ2v) is 7.14. The molecule has 0 aliphatic rings. The maximum absolute atomic E-state index is 10.6. The topological polar surface area (TPSA) is 54.4 Å². The summed E-state index contributed by atoms with van der Waals surface area (Å²) in [6.45, 7) is 4.38. The third kappa shape index (κ3) is 6.77. The first-order chi connectivity index (χ1) is 8.29. The van der Waals surface area contributed by atoms with E-state index in [4.69, 9.17) is 4.55 Å². The molecule has 1 aromatic rings. The van der Waals surface area contributed by atoms with Crippen LogP contribution in [0, 0.1) is 5.41 Å². The number of hydrogen-bond donors (Lipinski definition) is 1.